The molecule has 0 saturated heterocycles. The number of nitrogens with two attached hydrogens (primary N) is 1. The van der Waals surface area contributed by atoms with Gasteiger partial charge in [-0.1, -0.05) is 0 Å². The van der Waals surface area contributed by atoms with E-state index in [1.807, 2.05) is 5.10 Å². The number of halogens is 3. The molecule has 1 aliphatic rings. The Morgan fingerprint density at radius 1 is 1.56 bits per heavy atom. The summed E-state index contributed by atoms with van der Waals surface area (Å²) in [7, 11) is 0. The molecule has 1 aromatic rings. The van der Waals surface area contributed by atoms with Crippen molar-refractivity contribution in [3.8, 4) is 0 Å². The predicted octanol–water partition coefficient (Wildman–Crippen LogP) is 0.780. The summed E-state index contributed by atoms with van der Waals surface area (Å²) in [5, 5.41) is 14.6. The standard InChI is InChI=1S/C9H12F3N3O/c10-9(11,12)7-6(3-14-15-7)8(4-13)1-5(16)2-8/h3,5,16H,1-2,4,13H2,(H,14,15). The van der Waals surface area contributed by atoms with Gasteiger partial charge in [-0.25, -0.2) is 0 Å². The van der Waals surface area contributed by atoms with Crippen molar-refractivity contribution >= 4 is 0 Å². The predicted molar refractivity (Wildman–Crippen MR) is 49.6 cm³/mol. The summed E-state index contributed by atoms with van der Waals surface area (Å²) in [5.74, 6) is 0. The van der Waals surface area contributed by atoms with Crippen molar-refractivity contribution in [1.29, 1.82) is 0 Å². The van der Waals surface area contributed by atoms with Crippen molar-refractivity contribution in [2.45, 2.75) is 30.5 Å². The van der Waals surface area contributed by atoms with Crippen LogP contribution in [0, 0.1) is 0 Å². The van der Waals surface area contributed by atoms with Gasteiger partial charge in [0, 0.05) is 17.5 Å². The van der Waals surface area contributed by atoms with E-state index in [1.54, 1.807) is 0 Å². The maximum Gasteiger partial charge on any atom is 0.433 e. The number of hydrogen-bond acceptors (Lipinski definition) is 3. The fourth-order valence-corrected chi connectivity index (χ4v) is 2.24. The summed E-state index contributed by atoms with van der Waals surface area (Å²) in [4.78, 5) is 0. The SMILES string of the molecule is NCC1(c2cn[nH]c2C(F)(F)F)CC(O)C1. The second kappa shape index (κ2) is 3.46. The molecule has 1 aromatic heterocycles. The van der Waals surface area contributed by atoms with E-state index in [0.29, 0.717) is 0 Å². The summed E-state index contributed by atoms with van der Waals surface area (Å²) in [6.07, 6.45) is -3.37. The Morgan fingerprint density at radius 3 is 2.62 bits per heavy atom. The molecule has 4 nitrogen and oxygen atoms in total. The largest absolute Gasteiger partial charge is 0.433 e. The van der Waals surface area contributed by atoms with Crippen LogP contribution in [0.2, 0.25) is 0 Å². The Kier molecular flexibility index (Phi) is 2.47. The lowest BCUT2D eigenvalue weighted by Crippen LogP contribution is -2.50. The van der Waals surface area contributed by atoms with Crippen molar-refractivity contribution in [2.24, 2.45) is 5.73 Å². The molecule has 0 spiro atoms. The van der Waals surface area contributed by atoms with Crippen molar-refractivity contribution in [3.63, 3.8) is 0 Å². The molecule has 0 amide bonds. The average molecular weight is 235 g/mol. The zero-order valence-electron chi connectivity index (χ0n) is 8.38. The van der Waals surface area contributed by atoms with Crippen LogP contribution in [0.1, 0.15) is 24.1 Å². The molecular formula is C9H12F3N3O. The Morgan fingerprint density at radius 2 is 2.19 bits per heavy atom. The number of aliphatic hydroxyl groups is 1. The number of hydrogen-bond donors (Lipinski definition) is 3. The van der Waals surface area contributed by atoms with Crippen LogP contribution < -0.4 is 5.73 Å². The van der Waals surface area contributed by atoms with Crippen LogP contribution in [0.25, 0.3) is 0 Å². The molecule has 4 N–H and O–H groups in total. The molecule has 1 saturated carbocycles. The highest BCUT2D eigenvalue weighted by Crippen LogP contribution is 2.46. The minimum Gasteiger partial charge on any atom is -0.393 e. The fourth-order valence-electron chi connectivity index (χ4n) is 2.24. The fraction of sp³-hybridized carbons (Fsp3) is 0.667. The highest BCUT2D eigenvalue weighted by Gasteiger charge is 2.49. The van der Waals surface area contributed by atoms with Crippen LogP contribution in [0.15, 0.2) is 6.20 Å². The van der Waals surface area contributed by atoms with Gasteiger partial charge in [0.15, 0.2) is 0 Å². The van der Waals surface area contributed by atoms with Gasteiger partial charge in [0.2, 0.25) is 0 Å². The molecule has 16 heavy (non-hydrogen) atoms. The first-order chi connectivity index (χ1) is 7.39. The quantitative estimate of drug-likeness (QED) is 0.709. The highest BCUT2D eigenvalue weighted by atomic mass is 19.4. The molecule has 1 heterocycles. The van der Waals surface area contributed by atoms with Gasteiger partial charge in [-0.2, -0.15) is 18.3 Å². The van der Waals surface area contributed by atoms with E-state index in [0.717, 1.165) is 6.20 Å². The van der Waals surface area contributed by atoms with Crippen molar-refractivity contribution in [1.82, 2.24) is 10.2 Å². The smallest absolute Gasteiger partial charge is 0.393 e. The van der Waals surface area contributed by atoms with Gasteiger partial charge >= 0.3 is 6.18 Å². The number of aliphatic hydroxyl groups excluding tert-OH is 1. The Balaban J connectivity index is 2.37. The molecule has 2 rings (SSSR count). The van der Waals surface area contributed by atoms with E-state index in [9.17, 15) is 18.3 Å². The minimum absolute atomic E-state index is 0.0628. The topological polar surface area (TPSA) is 74.9 Å². The van der Waals surface area contributed by atoms with Crippen LogP contribution >= 0.6 is 0 Å². The maximum absolute atomic E-state index is 12.6. The summed E-state index contributed by atoms with van der Waals surface area (Å²) < 4.78 is 37.9. The Labute approximate surface area is 89.6 Å². The number of nitrogens with one attached hydrogen (secondary N) is 1. The first-order valence-corrected chi connectivity index (χ1v) is 4.88. The zero-order chi connectivity index (χ0) is 12.0. The van der Waals surface area contributed by atoms with Gasteiger partial charge in [-0.15, -0.1) is 0 Å². The van der Waals surface area contributed by atoms with Crippen LogP contribution in [0.4, 0.5) is 13.2 Å². The van der Waals surface area contributed by atoms with E-state index in [1.165, 1.54) is 0 Å². The van der Waals surface area contributed by atoms with Crippen LogP contribution in [0.3, 0.4) is 0 Å². The van der Waals surface area contributed by atoms with Crippen molar-refractivity contribution in [3.05, 3.63) is 17.5 Å². The number of rotatable bonds is 2. The number of aromatic amines is 1. The Bertz CT molecular complexity index is 382. The van der Waals surface area contributed by atoms with Crippen LogP contribution in [0.5, 0.6) is 0 Å². The summed E-state index contributed by atoms with van der Waals surface area (Å²) in [5.41, 5.74) is 3.94. The second-order valence-corrected chi connectivity index (χ2v) is 4.20. The van der Waals surface area contributed by atoms with E-state index < -0.39 is 23.4 Å². The maximum atomic E-state index is 12.6. The van der Waals surface area contributed by atoms with E-state index in [4.69, 9.17) is 5.73 Å². The monoisotopic (exact) mass is 235 g/mol. The van der Waals surface area contributed by atoms with Gasteiger partial charge in [0.1, 0.15) is 5.69 Å². The third-order valence-corrected chi connectivity index (χ3v) is 3.14. The highest BCUT2D eigenvalue weighted by molar-refractivity contribution is 5.33. The van der Waals surface area contributed by atoms with Crippen molar-refractivity contribution in [2.75, 3.05) is 6.54 Å². The minimum atomic E-state index is -4.46. The van der Waals surface area contributed by atoms with E-state index in [-0.39, 0.29) is 24.9 Å². The Hall–Kier alpha value is -1.08. The third kappa shape index (κ3) is 1.60. The lowest BCUT2D eigenvalue weighted by Gasteiger charge is -2.44. The van der Waals surface area contributed by atoms with Gasteiger partial charge in [-0.05, 0) is 12.8 Å². The van der Waals surface area contributed by atoms with Gasteiger partial charge < -0.3 is 10.8 Å². The van der Waals surface area contributed by atoms with Gasteiger partial charge in [-0.3, -0.25) is 5.10 Å². The molecular weight excluding hydrogens is 223 g/mol. The molecule has 0 bridgehead atoms. The van der Waals surface area contributed by atoms with Crippen LogP contribution in [-0.4, -0.2) is 28.0 Å². The van der Waals surface area contributed by atoms with Crippen LogP contribution in [-0.2, 0) is 11.6 Å². The first-order valence-electron chi connectivity index (χ1n) is 4.88. The van der Waals surface area contributed by atoms with E-state index >= 15 is 0 Å². The molecule has 0 atom stereocenters. The first kappa shape index (κ1) is 11.4. The number of nitrogens with zero attached hydrogens (tertiary/aromatic N) is 1. The zero-order valence-corrected chi connectivity index (χ0v) is 8.38. The molecule has 7 heteroatoms. The third-order valence-electron chi connectivity index (χ3n) is 3.14. The van der Waals surface area contributed by atoms with Gasteiger partial charge in [0.05, 0.1) is 12.3 Å². The lowest BCUT2D eigenvalue weighted by atomic mass is 9.63. The number of H-pyrrole nitrogens is 1. The molecule has 0 aliphatic heterocycles. The molecule has 0 aromatic carbocycles. The molecule has 0 unspecified atom stereocenters. The molecule has 1 fully saturated rings. The molecule has 0 radical (unpaired) electrons. The number of aromatic nitrogens is 2. The second-order valence-electron chi connectivity index (χ2n) is 4.20. The van der Waals surface area contributed by atoms with E-state index in [2.05, 4.69) is 5.10 Å². The molecule has 90 valence electrons. The molecule has 1 aliphatic carbocycles. The normalized spacial score (nSPS) is 30.2. The van der Waals surface area contributed by atoms with Gasteiger partial charge in [0.25, 0.3) is 0 Å². The lowest BCUT2D eigenvalue weighted by molar-refractivity contribution is -0.143. The van der Waals surface area contributed by atoms with Crippen molar-refractivity contribution < 1.29 is 18.3 Å². The summed E-state index contributed by atoms with van der Waals surface area (Å²) >= 11 is 0. The summed E-state index contributed by atoms with van der Waals surface area (Å²) in [6.45, 7) is 0.0761. The average Bonchev–Trinajstić information content (AvgIpc) is 2.60. The summed E-state index contributed by atoms with van der Waals surface area (Å²) in [6, 6.07) is 0. The number of alkyl halides is 3.